The Morgan fingerprint density at radius 1 is 1.26 bits per heavy atom. The van der Waals surface area contributed by atoms with E-state index >= 15 is 0 Å². The van der Waals surface area contributed by atoms with Crippen molar-refractivity contribution >= 4 is 5.88 Å². The van der Waals surface area contributed by atoms with Crippen LogP contribution < -0.4 is 5.73 Å². The van der Waals surface area contributed by atoms with Crippen LogP contribution >= 0.6 is 0 Å². The number of aromatic hydroxyl groups is 1. The highest BCUT2D eigenvalue weighted by molar-refractivity contribution is 5.80. The van der Waals surface area contributed by atoms with Gasteiger partial charge in [-0.3, -0.25) is 0 Å². The van der Waals surface area contributed by atoms with Gasteiger partial charge in [0, 0.05) is 0 Å². The van der Waals surface area contributed by atoms with Crippen LogP contribution in [0.25, 0.3) is 11.1 Å². The van der Waals surface area contributed by atoms with Gasteiger partial charge in [0.15, 0.2) is 11.5 Å². The third-order valence-corrected chi connectivity index (χ3v) is 3.70. The van der Waals surface area contributed by atoms with Gasteiger partial charge in [0.25, 0.3) is 0 Å². The number of anilines is 1. The highest BCUT2D eigenvalue weighted by Crippen LogP contribution is 2.45. The molecule has 1 unspecified atom stereocenters. The lowest BCUT2D eigenvalue weighted by Gasteiger charge is -2.16. The van der Waals surface area contributed by atoms with E-state index < -0.39 is 11.7 Å². The fourth-order valence-corrected chi connectivity index (χ4v) is 2.57. The quantitative estimate of drug-likeness (QED) is 0.865. The molecule has 0 aliphatic carbocycles. The summed E-state index contributed by atoms with van der Waals surface area (Å²) in [4.78, 5) is 0. The third kappa shape index (κ3) is 2.86. The minimum Gasteiger partial charge on any atom is -0.504 e. The van der Waals surface area contributed by atoms with Crippen molar-refractivity contribution in [3.05, 3.63) is 47.9 Å². The summed E-state index contributed by atoms with van der Waals surface area (Å²) in [6.07, 6.45) is -0.568. The summed E-state index contributed by atoms with van der Waals surface area (Å²) in [5, 5.41) is 10.4. The Hall–Kier alpha value is -2.57. The number of hydrogen-bond donors (Lipinski definition) is 2. The average Bonchev–Trinajstić information content (AvgIpc) is 2.82. The van der Waals surface area contributed by atoms with Crippen LogP contribution in [-0.4, -0.2) is 11.7 Å². The molecule has 0 saturated carbocycles. The zero-order valence-corrected chi connectivity index (χ0v) is 11.9. The average molecular weight is 325 g/mol. The first kappa shape index (κ1) is 15.3. The summed E-state index contributed by atoms with van der Waals surface area (Å²) in [7, 11) is 0. The Labute approximate surface area is 130 Å². The molecular weight excluding hydrogens is 311 g/mol. The summed E-state index contributed by atoms with van der Waals surface area (Å²) in [5.74, 6) is -0.377. The van der Waals surface area contributed by atoms with Gasteiger partial charge < -0.3 is 20.0 Å². The zero-order chi connectivity index (χ0) is 16.6. The van der Waals surface area contributed by atoms with Crippen molar-refractivity contribution in [3.8, 4) is 16.9 Å². The summed E-state index contributed by atoms with van der Waals surface area (Å²) < 4.78 is 49.1. The van der Waals surface area contributed by atoms with Crippen LogP contribution in [0.5, 0.6) is 5.75 Å². The van der Waals surface area contributed by atoms with Gasteiger partial charge in [0.1, 0.15) is 0 Å². The van der Waals surface area contributed by atoms with Gasteiger partial charge in [-0.1, -0.05) is 12.1 Å². The van der Waals surface area contributed by atoms with Crippen molar-refractivity contribution in [1.82, 2.24) is 0 Å². The standard InChI is InChI=1S/C16H14F3NO3/c17-16(18,19)11-5-1-3-9(7-11)12-13(21)14(23-15(12)20)10-4-2-6-22-8-10/h1-3,5-7,10,21H,4,8,20H2. The molecule has 1 aromatic carbocycles. The summed E-state index contributed by atoms with van der Waals surface area (Å²) in [6, 6.07) is 4.59. The number of alkyl halides is 3. The number of ether oxygens (including phenoxy) is 1. The normalized spacial score (nSPS) is 18.0. The second kappa shape index (κ2) is 5.57. The van der Waals surface area contributed by atoms with Crippen LogP contribution in [0.2, 0.25) is 0 Å². The molecule has 4 nitrogen and oxygen atoms in total. The van der Waals surface area contributed by atoms with Crippen molar-refractivity contribution in [2.75, 3.05) is 12.3 Å². The predicted octanol–water partition coefficient (Wildman–Crippen LogP) is 4.27. The van der Waals surface area contributed by atoms with Crippen LogP contribution in [0.15, 0.2) is 41.0 Å². The van der Waals surface area contributed by atoms with Crippen molar-refractivity contribution in [2.45, 2.75) is 18.5 Å². The zero-order valence-electron chi connectivity index (χ0n) is 11.9. The lowest BCUT2D eigenvalue weighted by Crippen LogP contribution is -2.07. The first-order chi connectivity index (χ1) is 10.9. The summed E-state index contributed by atoms with van der Waals surface area (Å²) in [6.45, 7) is 0.305. The Bertz CT molecular complexity index is 750. The van der Waals surface area contributed by atoms with E-state index in [4.69, 9.17) is 14.9 Å². The Morgan fingerprint density at radius 3 is 2.70 bits per heavy atom. The van der Waals surface area contributed by atoms with Crippen molar-refractivity contribution in [3.63, 3.8) is 0 Å². The van der Waals surface area contributed by atoms with E-state index in [-0.39, 0.29) is 34.4 Å². The van der Waals surface area contributed by atoms with Gasteiger partial charge in [0.05, 0.1) is 29.9 Å². The maximum Gasteiger partial charge on any atom is 0.416 e. The van der Waals surface area contributed by atoms with Crippen LogP contribution in [0.3, 0.4) is 0 Å². The van der Waals surface area contributed by atoms with Gasteiger partial charge in [-0.05, 0) is 30.2 Å². The highest BCUT2D eigenvalue weighted by Gasteiger charge is 2.32. The number of nitrogen functional groups attached to an aromatic ring is 1. The van der Waals surface area contributed by atoms with Gasteiger partial charge in [-0.2, -0.15) is 13.2 Å². The maximum atomic E-state index is 12.8. The van der Waals surface area contributed by atoms with Crippen LogP contribution in [0.1, 0.15) is 23.7 Å². The van der Waals surface area contributed by atoms with E-state index in [9.17, 15) is 18.3 Å². The molecule has 23 heavy (non-hydrogen) atoms. The van der Waals surface area contributed by atoms with Crippen molar-refractivity contribution in [1.29, 1.82) is 0 Å². The van der Waals surface area contributed by atoms with E-state index in [1.807, 2.05) is 0 Å². The largest absolute Gasteiger partial charge is 0.504 e. The molecule has 122 valence electrons. The Morgan fingerprint density at radius 2 is 2.04 bits per heavy atom. The second-order valence-electron chi connectivity index (χ2n) is 5.27. The second-order valence-corrected chi connectivity index (χ2v) is 5.27. The van der Waals surface area contributed by atoms with Crippen LogP contribution in [-0.2, 0) is 10.9 Å². The molecule has 0 saturated heterocycles. The van der Waals surface area contributed by atoms with Crippen molar-refractivity contribution in [2.24, 2.45) is 0 Å². The molecule has 3 N–H and O–H groups in total. The molecular formula is C16H14F3NO3. The summed E-state index contributed by atoms with van der Waals surface area (Å²) >= 11 is 0. The molecule has 1 aliphatic rings. The fraction of sp³-hybridized carbons (Fsp3) is 0.250. The number of nitrogens with two attached hydrogens (primary N) is 1. The van der Waals surface area contributed by atoms with Crippen LogP contribution in [0, 0.1) is 0 Å². The molecule has 1 aliphatic heterocycles. The Balaban J connectivity index is 2.04. The predicted molar refractivity (Wildman–Crippen MR) is 77.7 cm³/mol. The maximum absolute atomic E-state index is 12.8. The number of allylic oxidation sites excluding steroid dienone is 1. The smallest absolute Gasteiger partial charge is 0.416 e. The first-order valence-electron chi connectivity index (χ1n) is 6.93. The van der Waals surface area contributed by atoms with E-state index in [0.29, 0.717) is 13.0 Å². The number of benzene rings is 1. The minimum absolute atomic E-state index is 0.0700. The monoisotopic (exact) mass is 325 g/mol. The fourth-order valence-electron chi connectivity index (χ4n) is 2.57. The molecule has 0 spiro atoms. The lowest BCUT2D eigenvalue weighted by molar-refractivity contribution is -0.137. The number of halogens is 3. The highest BCUT2D eigenvalue weighted by atomic mass is 19.4. The molecule has 0 fully saturated rings. The van der Waals surface area contributed by atoms with E-state index in [0.717, 1.165) is 12.1 Å². The van der Waals surface area contributed by atoms with Crippen LogP contribution in [0.4, 0.5) is 19.1 Å². The third-order valence-electron chi connectivity index (χ3n) is 3.70. The molecule has 0 radical (unpaired) electrons. The molecule has 1 atom stereocenters. The van der Waals surface area contributed by atoms with Gasteiger partial charge in [0.2, 0.25) is 5.88 Å². The first-order valence-corrected chi connectivity index (χ1v) is 6.93. The number of hydrogen-bond acceptors (Lipinski definition) is 4. The molecule has 0 bridgehead atoms. The van der Waals surface area contributed by atoms with E-state index in [1.54, 1.807) is 12.3 Å². The lowest BCUT2D eigenvalue weighted by atomic mass is 9.98. The molecule has 3 rings (SSSR count). The number of rotatable bonds is 2. The molecule has 0 amide bonds. The van der Waals surface area contributed by atoms with E-state index in [1.165, 1.54) is 12.1 Å². The molecule has 2 aromatic rings. The Kier molecular flexibility index (Phi) is 3.71. The SMILES string of the molecule is Nc1oc(C2CC=COC2)c(O)c1-c1cccc(C(F)(F)F)c1. The minimum atomic E-state index is -4.48. The van der Waals surface area contributed by atoms with E-state index in [2.05, 4.69) is 0 Å². The summed E-state index contributed by atoms with van der Waals surface area (Å²) in [5.41, 5.74) is 5.17. The molecule has 2 heterocycles. The van der Waals surface area contributed by atoms with Gasteiger partial charge >= 0.3 is 6.18 Å². The van der Waals surface area contributed by atoms with Gasteiger partial charge in [-0.25, -0.2) is 0 Å². The topological polar surface area (TPSA) is 68.6 Å². The molecule has 1 aromatic heterocycles. The number of furan rings is 1. The van der Waals surface area contributed by atoms with Gasteiger partial charge in [-0.15, -0.1) is 0 Å². The molecule has 7 heteroatoms. The van der Waals surface area contributed by atoms with Crippen molar-refractivity contribution < 1.29 is 27.4 Å².